The van der Waals surface area contributed by atoms with Gasteiger partial charge in [-0.05, 0) is 6.92 Å². The first-order chi connectivity index (χ1) is 3.27. The number of ether oxygens (including phenoxy) is 1. The fraction of sp³-hybridized carbons (Fsp3) is 0.400. The fourth-order valence-corrected chi connectivity index (χ4v) is 0.153. The molecule has 39 valence electrons. The van der Waals surface area contributed by atoms with Gasteiger partial charge in [0.15, 0.2) is 6.61 Å². The minimum Gasteiger partial charge on any atom is -0.491 e. The van der Waals surface area contributed by atoms with E-state index in [0.29, 0.717) is 5.76 Å². The van der Waals surface area contributed by atoms with Crippen LogP contribution in [0.25, 0.3) is 0 Å². The van der Waals surface area contributed by atoms with Gasteiger partial charge < -0.3 is 4.74 Å². The lowest BCUT2D eigenvalue weighted by atomic mass is 10.6. The topological polar surface area (TPSA) is 26.3 Å². The van der Waals surface area contributed by atoms with Crippen molar-refractivity contribution in [1.29, 1.82) is 0 Å². The monoisotopic (exact) mass is 99.0 g/mol. The zero-order chi connectivity index (χ0) is 5.70. The molecule has 0 N–H and O–H groups in total. The van der Waals surface area contributed by atoms with Gasteiger partial charge in [-0.25, -0.2) is 0 Å². The molecule has 2 nitrogen and oxygen atoms in total. The smallest absolute Gasteiger partial charge is 0.239 e. The zero-order valence-electron chi connectivity index (χ0n) is 4.23. The number of allylic oxidation sites excluding steroid dienone is 1. The second kappa shape index (κ2) is 3.40. The Morgan fingerprint density at radius 2 is 2.57 bits per heavy atom. The lowest BCUT2D eigenvalue weighted by molar-refractivity contribution is 0.258. The summed E-state index contributed by atoms with van der Waals surface area (Å²) in [5.74, 6) is 0.545. The summed E-state index contributed by atoms with van der Waals surface area (Å²) in [7, 11) is 0. The molecule has 0 aromatic heterocycles. The molecule has 2 heteroatoms. The highest BCUT2D eigenvalue weighted by Gasteiger charge is 1.79. The SMILES string of the molecule is C=C(C)OC[C]=O. The summed E-state index contributed by atoms with van der Waals surface area (Å²) in [6.45, 7) is 5.06. The third-order valence-corrected chi connectivity index (χ3v) is 0.377. The maximum absolute atomic E-state index is 9.42. The summed E-state index contributed by atoms with van der Waals surface area (Å²) in [4.78, 5) is 9.42. The van der Waals surface area contributed by atoms with Gasteiger partial charge in [0, 0.05) is 0 Å². The highest BCUT2D eigenvalue weighted by Crippen LogP contribution is 1.84. The predicted octanol–water partition coefficient (Wildman–Crippen LogP) is 0.646. The van der Waals surface area contributed by atoms with Gasteiger partial charge in [0.25, 0.3) is 0 Å². The van der Waals surface area contributed by atoms with Crippen molar-refractivity contribution < 1.29 is 9.53 Å². The van der Waals surface area contributed by atoms with Crippen LogP contribution in [-0.4, -0.2) is 12.9 Å². The second-order valence-corrected chi connectivity index (χ2v) is 1.14. The minimum absolute atomic E-state index is 0.00463. The Hall–Kier alpha value is -0.790. The van der Waals surface area contributed by atoms with Crippen LogP contribution < -0.4 is 0 Å². The largest absolute Gasteiger partial charge is 0.491 e. The van der Waals surface area contributed by atoms with Crippen molar-refractivity contribution in [3.8, 4) is 0 Å². The maximum Gasteiger partial charge on any atom is 0.239 e. The van der Waals surface area contributed by atoms with Crippen LogP contribution in [-0.2, 0) is 9.53 Å². The van der Waals surface area contributed by atoms with E-state index in [1.54, 1.807) is 13.2 Å². The molecule has 0 saturated heterocycles. The third kappa shape index (κ3) is 5.21. The second-order valence-electron chi connectivity index (χ2n) is 1.14. The Labute approximate surface area is 42.8 Å². The van der Waals surface area contributed by atoms with E-state index >= 15 is 0 Å². The van der Waals surface area contributed by atoms with E-state index in [1.165, 1.54) is 0 Å². The van der Waals surface area contributed by atoms with E-state index in [0.717, 1.165) is 0 Å². The molecule has 0 rings (SSSR count). The Morgan fingerprint density at radius 1 is 2.00 bits per heavy atom. The Kier molecular flexibility index (Phi) is 3.02. The van der Waals surface area contributed by atoms with Gasteiger partial charge in [0.05, 0.1) is 5.76 Å². The van der Waals surface area contributed by atoms with Crippen molar-refractivity contribution in [3.05, 3.63) is 12.3 Å². The molecule has 0 aromatic carbocycles. The third-order valence-electron chi connectivity index (χ3n) is 0.377. The van der Waals surface area contributed by atoms with E-state index < -0.39 is 0 Å². The number of carbonyl (C=O) groups excluding carboxylic acids is 1. The summed E-state index contributed by atoms with van der Waals surface area (Å²) in [6, 6.07) is 0. The van der Waals surface area contributed by atoms with Crippen molar-refractivity contribution in [2.24, 2.45) is 0 Å². The maximum atomic E-state index is 9.42. The summed E-state index contributed by atoms with van der Waals surface area (Å²) in [5, 5.41) is 0. The van der Waals surface area contributed by atoms with Crippen molar-refractivity contribution in [3.63, 3.8) is 0 Å². The van der Waals surface area contributed by atoms with E-state index in [2.05, 4.69) is 11.3 Å². The van der Waals surface area contributed by atoms with E-state index in [4.69, 9.17) is 0 Å². The highest BCUT2D eigenvalue weighted by atomic mass is 16.5. The van der Waals surface area contributed by atoms with E-state index in [9.17, 15) is 4.79 Å². The first-order valence-corrected chi connectivity index (χ1v) is 1.90. The van der Waals surface area contributed by atoms with Crippen molar-refractivity contribution in [2.45, 2.75) is 6.92 Å². The molecule has 0 saturated carbocycles. The molecule has 0 aromatic rings. The van der Waals surface area contributed by atoms with Crippen LogP contribution in [0.15, 0.2) is 12.3 Å². The van der Waals surface area contributed by atoms with E-state index in [-0.39, 0.29) is 6.61 Å². The number of hydrogen-bond acceptors (Lipinski definition) is 2. The van der Waals surface area contributed by atoms with Crippen LogP contribution in [0.3, 0.4) is 0 Å². The predicted molar refractivity (Wildman–Crippen MR) is 26.5 cm³/mol. The molecule has 0 atom stereocenters. The first-order valence-electron chi connectivity index (χ1n) is 1.90. The van der Waals surface area contributed by atoms with Crippen molar-refractivity contribution in [1.82, 2.24) is 0 Å². The van der Waals surface area contributed by atoms with Crippen LogP contribution in [0.2, 0.25) is 0 Å². The normalized spacial score (nSPS) is 7.57. The van der Waals surface area contributed by atoms with Gasteiger partial charge in [-0.3, -0.25) is 4.79 Å². The molecular weight excluding hydrogens is 92.1 g/mol. The lowest BCUT2D eigenvalue weighted by Crippen LogP contribution is -1.89. The Morgan fingerprint density at radius 3 is 2.71 bits per heavy atom. The quantitative estimate of drug-likeness (QED) is 0.485. The zero-order valence-corrected chi connectivity index (χ0v) is 4.23. The number of rotatable bonds is 3. The van der Waals surface area contributed by atoms with Crippen molar-refractivity contribution >= 4 is 6.29 Å². The molecule has 7 heavy (non-hydrogen) atoms. The van der Waals surface area contributed by atoms with Crippen LogP contribution in [0.5, 0.6) is 0 Å². The average molecular weight is 99.1 g/mol. The summed E-state index contributed by atoms with van der Waals surface area (Å²) >= 11 is 0. The minimum atomic E-state index is -0.00463. The summed E-state index contributed by atoms with van der Waals surface area (Å²) in [5.41, 5.74) is 0. The molecule has 0 fully saturated rings. The molecule has 0 unspecified atom stereocenters. The molecule has 0 heterocycles. The molecule has 0 aliphatic heterocycles. The highest BCUT2D eigenvalue weighted by molar-refractivity contribution is 5.51. The average Bonchev–Trinajstić information content (AvgIpc) is 1.61. The van der Waals surface area contributed by atoms with Crippen LogP contribution >= 0.6 is 0 Å². The fourth-order valence-electron chi connectivity index (χ4n) is 0.153. The van der Waals surface area contributed by atoms with Crippen LogP contribution in [0.1, 0.15) is 6.92 Å². The molecular formula is C5H7O2. The van der Waals surface area contributed by atoms with Gasteiger partial charge in [0.2, 0.25) is 6.29 Å². The standard InChI is InChI=1S/C5H7O2/c1-5(2)7-4-3-6/h1,4H2,2H3. The van der Waals surface area contributed by atoms with Crippen molar-refractivity contribution in [2.75, 3.05) is 6.61 Å². The molecule has 0 bridgehead atoms. The van der Waals surface area contributed by atoms with E-state index in [1.807, 2.05) is 0 Å². The number of hydrogen-bond donors (Lipinski definition) is 0. The summed E-state index contributed by atoms with van der Waals surface area (Å²) in [6.07, 6.45) is 1.57. The molecule has 0 aliphatic carbocycles. The first kappa shape index (κ1) is 6.21. The van der Waals surface area contributed by atoms with Crippen LogP contribution in [0, 0.1) is 0 Å². The lowest BCUT2D eigenvalue weighted by Gasteiger charge is -1.94. The summed E-state index contributed by atoms with van der Waals surface area (Å²) < 4.78 is 4.57. The molecule has 0 aliphatic rings. The van der Waals surface area contributed by atoms with Gasteiger partial charge in [-0.2, -0.15) is 0 Å². The van der Waals surface area contributed by atoms with Gasteiger partial charge in [-0.1, -0.05) is 6.58 Å². The molecule has 0 spiro atoms. The van der Waals surface area contributed by atoms with Crippen LogP contribution in [0.4, 0.5) is 0 Å². The van der Waals surface area contributed by atoms with Gasteiger partial charge >= 0.3 is 0 Å². The molecule has 1 radical (unpaired) electrons. The Bertz CT molecular complexity index is 76.1. The molecule has 0 amide bonds. The van der Waals surface area contributed by atoms with Gasteiger partial charge in [-0.15, -0.1) is 0 Å². The Balaban J connectivity index is 2.97. The van der Waals surface area contributed by atoms with Gasteiger partial charge in [0.1, 0.15) is 0 Å².